The van der Waals surface area contributed by atoms with Gasteiger partial charge in [-0.2, -0.15) is 14.5 Å². The van der Waals surface area contributed by atoms with Crippen LogP contribution in [0.5, 0.6) is 0 Å². The van der Waals surface area contributed by atoms with Crippen molar-refractivity contribution >= 4 is 10.0 Å². The van der Waals surface area contributed by atoms with Gasteiger partial charge in [-0.25, -0.2) is 8.42 Å². The predicted molar refractivity (Wildman–Crippen MR) is 107 cm³/mol. The van der Waals surface area contributed by atoms with Crippen LogP contribution in [0.4, 0.5) is 0 Å². The molecule has 1 saturated carbocycles. The Bertz CT molecular complexity index is 1130. The van der Waals surface area contributed by atoms with Gasteiger partial charge < -0.3 is 0 Å². The molecule has 1 fully saturated rings. The van der Waals surface area contributed by atoms with E-state index in [9.17, 15) is 8.42 Å². The van der Waals surface area contributed by atoms with Crippen molar-refractivity contribution in [1.82, 2.24) is 23.9 Å². The van der Waals surface area contributed by atoms with Gasteiger partial charge in [-0.3, -0.25) is 9.36 Å². The Morgan fingerprint density at radius 2 is 1.89 bits per heavy atom. The Hall–Kier alpha value is -2.45. The number of benzene rings is 1. The van der Waals surface area contributed by atoms with Gasteiger partial charge in [0.25, 0.3) is 0 Å². The summed E-state index contributed by atoms with van der Waals surface area (Å²) in [5, 5.41) is 8.40. The second-order valence-electron chi connectivity index (χ2n) is 7.58. The van der Waals surface area contributed by atoms with Crippen LogP contribution in [0.2, 0.25) is 0 Å². The Balaban J connectivity index is 1.78. The SMILES string of the molecule is Cc1cc(C)c(S(=O)(=O)N(Cc2cnn(C)c2)C2CC2)cc1-c1ccnn1C. The second kappa shape index (κ2) is 6.86. The molecular weight excluding hydrogens is 374 g/mol. The van der Waals surface area contributed by atoms with E-state index < -0.39 is 10.0 Å². The lowest BCUT2D eigenvalue weighted by Gasteiger charge is -2.23. The number of aryl methyl sites for hydroxylation is 4. The summed E-state index contributed by atoms with van der Waals surface area (Å²) >= 11 is 0. The summed E-state index contributed by atoms with van der Waals surface area (Å²) in [6.07, 6.45) is 7.13. The van der Waals surface area contributed by atoms with Gasteiger partial charge in [-0.15, -0.1) is 0 Å². The molecule has 0 aliphatic heterocycles. The molecule has 0 radical (unpaired) electrons. The fourth-order valence-electron chi connectivity index (χ4n) is 3.66. The van der Waals surface area contributed by atoms with Crippen molar-refractivity contribution < 1.29 is 8.42 Å². The van der Waals surface area contributed by atoms with Gasteiger partial charge in [0.2, 0.25) is 10.0 Å². The number of hydrogen-bond acceptors (Lipinski definition) is 4. The predicted octanol–water partition coefficient (Wildman–Crippen LogP) is 2.79. The van der Waals surface area contributed by atoms with Crippen molar-refractivity contribution in [2.75, 3.05) is 0 Å². The maximum atomic E-state index is 13.6. The van der Waals surface area contributed by atoms with E-state index in [2.05, 4.69) is 10.2 Å². The second-order valence-corrected chi connectivity index (χ2v) is 9.44. The monoisotopic (exact) mass is 399 g/mol. The topological polar surface area (TPSA) is 73.0 Å². The molecule has 28 heavy (non-hydrogen) atoms. The van der Waals surface area contributed by atoms with Crippen LogP contribution in [0.3, 0.4) is 0 Å². The summed E-state index contributed by atoms with van der Waals surface area (Å²) in [6.45, 7) is 4.21. The fraction of sp³-hybridized carbons (Fsp3) is 0.400. The van der Waals surface area contributed by atoms with Crippen molar-refractivity contribution in [1.29, 1.82) is 0 Å². The van der Waals surface area contributed by atoms with Crippen LogP contribution in [0.15, 0.2) is 41.7 Å². The number of nitrogens with zero attached hydrogens (tertiary/aromatic N) is 5. The maximum Gasteiger partial charge on any atom is 0.243 e. The van der Waals surface area contributed by atoms with E-state index in [4.69, 9.17) is 0 Å². The molecule has 0 atom stereocenters. The highest BCUT2D eigenvalue weighted by molar-refractivity contribution is 7.89. The summed E-state index contributed by atoms with van der Waals surface area (Å²) in [4.78, 5) is 0.366. The van der Waals surface area contributed by atoms with Gasteiger partial charge in [0, 0.05) is 50.2 Å². The molecule has 0 amide bonds. The van der Waals surface area contributed by atoms with Crippen molar-refractivity contribution in [2.24, 2.45) is 14.1 Å². The van der Waals surface area contributed by atoms with Crippen LogP contribution in [-0.2, 0) is 30.7 Å². The van der Waals surface area contributed by atoms with Gasteiger partial charge in [0.1, 0.15) is 0 Å². The summed E-state index contributed by atoms with van der Waals surface area (Å²) < 4.78 is 32.4. The molecule has 3 aromatic rings. The van der Waals surface area contributed by atoms with Gasteiger partial charge in [0.15, 0.2) is 0 Å². The molecule has 148 valence electrons. The van der Waals surface area contributed by atoms with Gasteiger partial charge in [0.05, 0.1) is 16.8 Å². The van der Waals surface area contributed by atoms with Gasteiger partial charge in [-0.1, -0.05) is 6.07 Å². The molecule has 0 N–H and O–H groups in total. The minimum Gasteiger partial charge on any atom is -0.275 e. The molecule has 0 unspecified atom stereocenters. The van der Waals surface area contributed by atoms with Crippen LogP contribution in [0, 0.1) is 13.8 Å². The lowest BCUT2D eigenvalue weighted by atomic mass is 10.0. The smallest absolute Gasteiger partial charge is 0.243 e. The zero-order valence-electron chi connectivity index (χ0n) is 16.6. The molecular formula is C20H25N5O2S. The third-order valence-electron chi connectivity index (χ3n) is 5.26. The number of hydrogen-bond donors (Lipinski definition) is 0. The molecule has 2 aromatic heterocycles. The average molecular weight is 400 g/mol. The van der Waals surface area contributed by atoms with E-state index in [0.717, 1.165) is 40.8 Å². The first-order valence-corrected chi connectivity index (χ1v) is 10.8. The largest absolute Gasteiger partial charge is 0.275 e. The molecule has 8 heteroatoms. The first-order chi connectivity index (χ1) is 13.3. The Kier molecular flexibility index (Phi) is 4.63. The highest BCUT2D eigenvalue weighted by Crippen LogP contribution is 2.36. The van der Waals surface area contributed by atoms with Crippen LogP contribution in [-0.4, -0.2) is 38.3 Å². The number of sulfonamides is 1. The Morgan fingerprint density at radius 3 is 2.46 bits per heavy atom. The normalized spacial score (nSPS) is 14.8. The van der Waals surface area contributed by atoms with E-state index >= 15 is 0 Å². The summed E-state index contributed by atoms with van der Waals surface area (Å²) in [5.41, 5.74) is 4.49. The lowest BCUT2D eigenvalue weighted by Crippen LogP contribution is -2.33. The zero-order valence-corrected chi connectivity index (χ0v) is 17.4. The third kappa shape index (κ3) is 3.38. The van der Waals surface area contributed by atoms with Crippen LogP contribution in [0.1, 0.15) is 29.5 Å². The van der Waals surface area contributed by atoms with Gasteiger partial charge in [-0.05, 0) is 49.9 Å². The van der Waals surface area contributed by atoms with E-state index in [0.29, 0.717) is 11.4 Å². The molecule has 0 spiro atoms. The summed E-state index contributed by atoms with van der Waals surface area (Å²) in [7, 11) is 0.0659. The molecule has 0 bridgehead atoms. The highest BCUT2D eigenvalue weighted by atomic mass is 32.2. The van der Waals surface area contributed by atoms with E-state index in [1.165, 1.54) is 0 Å². The van der Waals surface area contributed by atoms with E-state index in [1.54, 1.807) is 32.1 Å². The minimum absolute atomic E-state index is 0.0612. The molecule has 1 aliphatic rings. The Labute approximate surface area is 165 Å². The number of aromatic nitrogens is 4. The van der Waals surface area contributed by atoms with Gasteiger partial charge >= 0.3 is 0 Å². The van der Waals surface area contributed by atoms with Crippen LogP contribution in [0.25, 0.3) is 11.3 Å². The quantitative estimate of drug-likeness (QED) is 0.639. The third-order valence-corrected chi connectivity index (χ3v) is 7.30. The van der Waals surface area contributed by atoms with Crippen LogP contribution < -0.4 is 0 Å². The first-order valence-electron chi connectivity index (χ1n) is 9.36. The molecule has 7 nitrogen and oxygen atoms in total. The van der Waals surface area contributed by atoms with E-state index in [-0.39, 0.29) is 6.04 Å². The fourth-order valence-corrected chi connectivity index (χ4v) is 5.56. The first kappa shape index (κ1) is 18.9. The maximum absolute atomic E-state index is 13.6. The summed E-state index contributed by atoms with van der Waals surface area (Å²) in [6, 6.07) is 5.72. The number of rotatable bonds is 6. The highest BCUT2D eigenvalue weighted by Gasteiger charge is 2.39. The molecule has 4 rings (SSSR count). The van der Waals surface area contributed by atoms with Crippen LogP contribution >= 0.6 is 0 Å². The summed E-state index contributed by atoms with van der Waals surface area (Å²) in [5.74, 6) is 0. The standard InChI is InChI=1S/C20H25N5O2S/c1-14-9-15(2)20(10-18(14)19-7-8-21-24(19)4)28(26,27)25(17-5-6-17)13-16-11-22-23(3)12-16/h7-12,17H,5-6,13H2,1-4H3. The Morgan fingerprint density at radius 1 is 1.14 bits per heavy atom. The zero-order chi connectivity index (χ0) is 20.1. The van der Waals surface area contributed by atoms with Crippen molar-refractivity contribution in [3.05, 3.63) is 53.5 Å². The van der Waals surface area contributed by atoms with Crippen molar-refractivity contribution in [3.8, 4) is 11.3 Å². The van der Waals surface area contributed by atoms with E-state index in [1.807, 2.05) is 46.3 Å². The molecule has 1 aromatic carbocycles. The molecule has 2 heterocycles. The molecule has 0 saturated heterocycles. The van der Waals surface area contributed by atoms with Crippen molar-refractivity contribution in [2.45, 2.75) is 44.2 Å². The molecule has 1 aliphatic carbocycles. The average Bonchev–Trinajstić information content (AvgIpc) is 3.24. The minimum atomic E-state index is -3.63. The lowest BCUT2D eigenvalue weighted by molar-refractivity contribution is 0.398. The van der Waals surface area contributed by atoms with Crippen molar-refractivity contribution in [3.63, 3.8) is 0 Å².